The summed E-state index contributed by atoms with van der Waals surface area (Å²) in [6, 6.07) is 19.6. The second kappa shape index (κ2) is 6.04. The molecule has 5 nitrogen and oxygen atoms in total. The van der Waals surface area contributed by atoms with Gasteiger partial charge in [-0.2, -0.15) is 0 Å². The van der Waals surface area contributed by atoms with Crippen molar-refractivity contribution in [1.82, 2.24) is 15.0 Å². The predicted octanol–water partition coefficient (Wildman–Crippen LogP) is 3.79. The average Bonchev–Trinajstić information content (AvgIpc) is 3.10. The lowest BCUT2D eigenvalue weighted by atomic mass is 10.2. The summed E-state index contributed by atoms with van der Waals surface area (Å²) in [5.74, 6) is 1.87. The van der Waals surface area contributed by atoms with Crippen molar-refractivity contribution in [3.05, 3.63) is 72.4 Å². The molecule has 24 heavy (non-hydrogen) atoms. The number of nitrogen functional groups attached to an aromatic ring is 1. The molecular formula is C19H16N4O. The molecule has 4 aromatic rings. The van der Waals surface area contributed by atoms with Gasteiger partial charge in [-0.25, -0.2) is 9.97 Å². The van der Waals surface area contributed by atoms with E-state index in [-0.39, 0.29) is 0 Å². The first kappa shape index (κ1) is 14.3. The number of fused-ring (bicyclic) bond motifs is 1. The Kier molecular flexibility index (Phi) is 3.59. The molecule has 118 valence electrons. The number of nitrogens with two attached hydrogens (primary N) is 1. The van der Waals surface area contributed by atoms with Crippen LogP contribution in [0.4, 0.5) is 5.82 Å². The number of nitrogens with one attached hydrogen (secondary N) is 1. The van der Waals surface area contributed by atoms with Gasteiger partial charge in [0.15, 0.2) is 5.82 Å². The lowest BCUT2D eigenvalue weighted by Crippen LogP contribution is -1.97. The summed E-state index contributed by atoms with van der Waals surface area (Å²) in [5.41, 5.74) is 8.75. The SMILES string of the molecule is Nc1nc(-c2ccc(OCc3ccccc3)cc2)nc2[nH]ccc12. The van der Waals surface area contributed by atoms with Gasteiger partial charge in [-0.3, -0.25) is 0 Å². The zero-order valence-electron chi connectivity index (χ0n) is 12.9. The minimum Gasteiger partial charge on any atom is -0.489 e. The van der Waals surface area contributed by atoms with Crippen molar-refractivity contribution in [2.75, 3.05) is 5.73 Å². The summed E-state index contributed by atoms with van der Waals surface area (Å²) in [6.07, 6.45) is 1.81. The van der Waals surface area contributed by atoms with E-state index < -0.39 is 0 Å². The third-order valence-electron chi connectivity index (χ3n) is 3.81. The molecule has 0 amide bonds. The predicted molar refractivity (Wildman–Crippen MR) is 94.5 cm³/mol. The van der Waals surface area contributed by atoms with Crippen LogP contribution in [-0.2, 0) is 6.61 Å². The Bertz CT molecular complexity index is 962. The number of rotatable bonds is 4. The highest BCUT2D eigenvalue weighted by Crippen LogP contribution is 2.24. The highest BCUT2D eigenvalue weighted by molar-refractivity contribution is 5.87. The van der Waals surface area contributed by atoms with Crippen molar-refractivity contribution in [2.24, 2.45) is 0 Å². The fraction of sp³-hybridized carbons (Fsp3) is 0.0526. The maximum Gasteiger partial charge on any atom is 0.163 e. The summed E-state index contributed by atoms with van der Waals surface area (Å²) in [6.45, 7) is 0.540. The van der Waals surface area contributed by atoms with Crippen LogP contribution in [0, 0.1) is 0 Å². The maximum atomic E-state index is 5.99. The molecular weight excluding hydrogens is 300 g/mol. The van der Waals surface area contributed by atoms with Gasteiger partial charge in [0.05, 0.1) is 5.39 Å². The van der Waals surface area contributed by atoms with Crippen LogP contribution in [0.15, 0.2) is 66.9 Å². The van der Waals surface area contributed by atoms with Crippen LogP contribution in [0.25, 0.3) is 22.4 Å². The van der Waals surface area contributed by atoms with Crippen molar-refractivity contribution in [3.63, 3.8) is 0 Å². The highest BCUT2D eigenvalue weighted by atomic mass is 16.5. The second-order valence-corrected chi connectivity index (χ2v) is 5.47. The molecule has 0 atom stereocenters. The molecule has 0 unspecified atom stereocenters. The second-order valence-electron chi connectivity index (χ2n) is 5.47. The number of anilines is 1. The molecule has 3 N–H and O–H groups in total. The van der Waals surface area contributed by atoms with Crippen LogP contribution in [-0.4, -0.2) is 15.0 Å². The molecule has 0 saturated heterocycles. The van der Waals surface area contributed by atoms with Crippen molar-refractivity contribution < 1.29 is 4.74 Å². The topological polar surface area (TPSA) is 76.8 Å². The molecule has 2 heterocycles. The van der Waals surface area contributed by atoms with Crippen molar-refractivity contribution in [3.8, 4) is 17.1 Å². The lowest BCUT2D eigenvalue weighted by molar-refractivity contribution is 0.306. The number of aromatic amines is 1. The molecule has 0 aliphatic rings. The number of benzene rings is 2. The van der Waals surface area contributed by atoms with Crippen LogP contribution in [0.2, 0.25) is 0 Å². The van der Waals surface area contributed by atoms with Gasteiger partial charge in [-0.1, -0.05) is 30.3 Å². The zero-order chi connectivity index (χ0) is 16.4. The molecule has 2 aromatic carbocycles. The first-order chi connectivity index (χ1) is 11.8. The number of aromatic nitrogens is 3. The Balaban J connectivity index is 1.54. The van der Waals surface area contributed by atoms with E-state index in [2.05, 4.69) is 15.0 Å². The standard InChI is InChI=1S/C19H16N4O/c20-17-16-10-11-21-19(16)23-18(22-17)14-6-8-15(9-7-14)24-12-13-4-2-1-3-5-13/h1-11H,12H2,(H3,20,21,22,23). The van der Waals surface area contributed by atoms with E-state index >= 15 is 0 Å². The Morgan fingerprint density at radius 3 is 2.50 bits per heavy atom. The van der Waals surface area contributed by atoms with Crippen LogP contribution in [0.3, 0.4) is 0 Å². The first-order valence-corrected chi connectivity index (χ1v) is 7.67. The molecule has 2 aromatic heterocycles. The van der Waals surface area contributed by atoms with Gasteiger partial charge in [0, 0.05) is 11.8 Å². The largest absolute Gasteiger partial charge is 0.489 e. The molecule has 0 fully saturated rings. The molecule has 0 radical (unpaired) electrons. The molecule has 0 saturated carbocycles. The van der Waals surface area contributed by atoms with E-state index in [0.29, 0.717) is 18.2 Å². The number of ether oxygens (including phenoxy) is 1. The van der Waals surface area contributed by atoms with Crippen molar-refractivity contribution in [2.45, 2.75) is 6.61 Å². The number of hydrogen-bond acceptors (Lipinski definition) is 4. The molecule has 0 aliphatic heterocycles. The lowest BCUT2D eigenvalue weighted by Gasteiger charge is -2.07. The third kappa shape index (κ3) is 2.79. The fourth-order valence-electron chi connectivity index (χ4n) is 2.54. The summed E-state index contributed by atoms with van der Waals surface area (Å²) >= 11 is 0. The van der Waals surface area contributed by atoms with Crippen LogP contribution in [0.1, 0.15) is 5.56 Å². The molecule has 5 heteroatoms. The summed E-state index contributed by atoms with van der Waals surface area (Å²) in [4.78, 5) is 11.9. The third-order valence-corrected chi connectivity index (χ3v) is 3.81. The van der Waals surface area contributed by atoms with Gasteiger partial charge in [0.25, 0.3) is 0 Å². The first-order valence-electron chi connectivity index (χ1n) is 7.67. The highest BCUT2D eigenvalue weighted by Gasteiger charge is 2.08. The number of nitrogens with zero attached hydrogens (tertiary/aromatic N) is 2. The van der Waals surface area contributed by atoms with Gasteiger partial charge >= 0.3 is 0 Å². The van der Waals surface area contributed by atoms with Crippen LogP contribution in [0.5, 0.6) is 5.75 Å². The molecule has 4 rings (SSSR count). The minimum atomic E-state index is 0.473. The quantitative estimate of drug-likeness (QED) is 0.600. The van der Waals surface area contributed by atoms with Crippen LogP contribution >= 0.6 is 0 Å². The van der Waals surface area contributed by atoms with E-state index in [1.54, 1.807) is 6.20 Å². The fourth-order valence-corrected chi connectivity index (χ4v) is 2.54. The number of H-pyrrole nitrogens is 1. The van der Waals surface area contributed by atoms with E-state index in [9.17, 15) is 0 Å². The van der Waals surface area contributed by atoms with E-state index in [1.807, 2.05) is 60.7 Å². The smallest absolute Gasteiger partial charge is 0.163 e. The van der Waals surface area contributed by atoms with Gasteiger partial charge in [-0.05, 0) is 35.9 Å². The molecule has 0 aliphatic carbocycles. The van der Waals surface area contributed by atoms with E-state index in [4.69, 9.17) is 10.5 Å². The average molecular weight is 316 g/mol. The summed E-state index contributed by atoms with van der Waals surface area (Å²) < 4.78 is 5.79. The summed E-state index contributed by atoms with van der Waals surface area (Å²) in [7, 11) is 0. The Morgan fingerprint density at radius 2 is 1.71 bits per heavy atom. The Hall–Kier alpha value is -3.34. The van der Waals surface area contributed by atoms with Gasteiger partial charge < -0.3 is 15.5 Å². The summed E-state index contributed by atoms with van der Waals surface area (Å²) in [5, 5.41) is 0.835. The van der Waals surface area contributed by atoms with Gasteiger partial charge in [-0.15, -0.1) is 0 Å². The van der Waals surface area contributed by atoms with Crippen LogP contribution < -0.4 is 10.5 Å². The Labute approximate surface area is 139 Å². The minimum absolute atomic E-state index is 0.473. The van der Waals surface area contributed by atoms with Crippen molar-refractivity contribution >= 4 is 16.9 Å². The normalized spacial score (nSPS) is 10.8. The maximum absolute atomic E-state index is 5.99. The number of hydrogen-bond donors (Lipinski definition) is 2. The van der Waals surface area contributed by atoms with Gasteiger partial charge in [0.2, 0.25) is 0 Å². The zero-order valence-corrected chi connectivity index (χ0v) is 12.9. The van der Waals surface area contributed by atoms with Gasteiger partial charge in [0.1, 0.15) is 23.8 Å². The molecule has 0 spiro atoms. The molecule has 0 bridgehead atoms. The Morgan fingerprint density at radius 1 is 0.917 bits per heavy atom. The van der Waals surface area contributed by atoms with Crippen molar-refractivity contribution in [1.29, 1.82) is 0 Å². The monoisotopic (exact) mass is 316 g/mol. The van der Waals surface area contributed by atoms with E-state index in [1.165, 1.54) is 0 Å². The van der Waals surface area contributed by atoms with E-state index in [0.717, 1.165) is 27.9 Å².